The Kier molecular flexibility index (Phi) is 2.76. The SMILES string of the molecule is CN(C(=O)C1(CO)COC1)c1ccc2nc[nH]c2c1. The third-order valence-electron chi connectivity index (χ3n) is 3.61. The minimum atomic E-state index is -0.780. The number of anilines is 1. The van der Waals surface area contributed by atoms with Crippen LogP contribution in [0.4, 0.5) is 5.69 Å². The molecule has 0 unspecified atom stereocenters. The Morgan fingerprint density at radius 1 is 1.58 bits per heavy atom. The van der Waals surface area contributed by atoms with Gasteiger partial charge in [0.2, 0.25) is 5.91 Å². The first-order valence-electron chi connectivity index (χ1n) is 6.06. The molecule has 6 heteroatoms. The van der Waals surface area contributed by atoms with Crippen LogP contribution in [0, 0.1) is 5.41 Å². The van der Waals surface area contributed by atoms with Crippen molar-refractivity contribution in [3.63, 3.8) is 0 Å². The van der Waals surface area contributed by atoms with E-state index in [0.29, 0.717) is 0 Å². The average molecular weight is 261 g/mol. The van der Waals surface area contributed by atoms with Crippen LogP contribution < -0.4 is 4.90 Å². The molecule has 1 saturated heterocycles. The van der Waals surface area contributed by atoms with Gasteiger partial charge in [0.1, 0.15) is 5.41 Å². The van der Waals surface area contributed by atoms with Gasteiger partial charge in [-0.2, -0.15) is 0 Å². The molecule has 100 valence electrons. The first-order valence-corrected chi connectivity index (χ1v) is 6.06. The van der Waals surface area contributed by atoms with Crippen molar-refractivity contribution < 1.29 is 14.6 Å². The van der Waals surface area contributed by atoms with Gasteiger partial charge in [-0.25, -0.2) is 4.98 Å². The molecule has 1 aliphatic rings. The Morgan fingerprint density at radius 2 is 2.37 bits per heavy atom. The van der Waals surface area contributed by atoms with Crippen LogP contribution in [0.25, 0.3) is 11.0 Å². The predicted molar refractivity (Wildman–Crippen MR) is 69.8 cm³/mol. The highest BCUT2D eigenvalue weighted by atomic mass is 16.5. The number of H-pyrrole nitrogens is 1. The Bertz CT molecular complexity index is 613. The summed E-state index contributed by atoms with van der Waals surface area (Å²) < 4.78 is 5.07. The van der Waals surface area contributed by atoms with Gasteiger partial charge in [0.05, 0.1) is 37.2 Å². The second-order valence-electron chi connectivity index (χ2n) is 4.90. The number of amides is 1. The van der Waals surface area contributed by atoms with Crippen LogP contribution >= 0.6 is 0 Å². The topological polar surface area (TPSA) is 78.5 Å². The van der Waals surface area contributed by atoms with E-state index in [9.17, 15) is 9.90 Å². The number of fused-ring (bicyclic) bond motifs is 1. The van der Waals surface area contributed by atoms with E-state index in [1.54, 1.807) is 18.3 Å². The van der Waals surface area contributed by atoms with Gasteiger partial charge in [-0.3, -0.25) is 4.79 Å². The summed E-state index contributed by atoms with van der Waals surface area (Å²) in [5.74, 6) is -0.125. The number of aliphatic hydroxyl groups is 1. The maximum absolute atomic E-state index is 12.4. The minimum Gasteiger partial charge on any atom is -0.395 e. The zero-order valence-electron chi connectivity index (χ0n) is 10.6. The standard InChI is InChI=1S/C13H15N3O3/c1-16(12(18)13(5-17)6-19-7-13)9-2-3-10-11(4-9)15-8-14-10/h2-4,8,17H,5-7H2,1H3,(H,14,15). The summed E-state index contributed by atoms with van der Waals surface area (Å²) in [7, 11) is 1.70. The second-order valence-corrected chi connectivity index (χ2v) is 4.90. The number of imidazole rings is 1. The quantitative estimate of drug-likeness (QED) is 0.845. The molecule has 2 N–H and O–H groups in total. The minimum absolute atomic E-state index is 0.125. The van der Waals surface area contributed by atoms with E-state index in [4.69, 9.17) is 4.74 Å². The van der Waals surface area contributed by atoms with E-state index in [-0.39, 0.29) is 25.7 Å². The van der Waals surface area contributed by atoms with Gasteiger partial charge >= 0.3 is 0 Å². The number of hydrogen-bond acceptors (Lipinski definition) is 4. The summed E-state index contributed by atoms with van der Waals surface area (Å²) in [6.45, 7) is 0.362. The number of benzene rings is 1. The van der Waals surface area contributed by atoms with Crippen molar-refractivity contribution in [1.29, 1.82) is 0 Å². The molecule has 1 aromatic carbocycles. The van der Waals surface area contributed by atoms with Gasteiger partial charge in [-0.15, -0.1) is 0 Å². The number of aromatic amines is 1. The molecular weight excluding hydrogens is 246 g/mol. The maximum atomic E-state index is 12.4. The van der Waals surface area contributed by atoms with Crippen LogP contribution in [0.3, 0.4) is 0 Å². The summed E-state index contributed by atoms with van der Waals surface area (Å²) in [6, 6.07) is 5.56. The second kappa shape index (κ2) is 4.32. The van der Waals surface area contributed by atoms with Crippen molar-refractivity contribution >= 4 is 22.6 Å². The lowest BCUT2D eigenvalue weighted by atomic mass is 9.85. The molecule has 1 aliphatic heterocycles. The normalized spacial score (nSPS) is 17.2. The first kappa shape index (κ1) is 12.1. The summed E-state index contributed by atoms with van der Waals surface area (Å²) in [5, 5.41) is 9.40. The third kappa shape index (κ3) is 1.80. The highest BCUT2D eigenvalue weighted by Crippen LogP contribution is 2.31. The molecule has 6 nitrogen and oxygen atoms in total. The zero-order valence-corrected chi connectivity index (χ0v) is 10.6. The van der Waals surface area contributed by atoms with Gasteiger partial charge < -0.3 is 19.7 Å². The highest BCUT2D eigenvalue weighted by molar-refractivity contribution is 5.99. The fourth-order valence-corrected chi connectivity index (χ4v) is 2.24. The smallest absolute Gasteiger partial charge is 0.239 e. The molecule has 2 aromatic rings. The molecule has 3 rings (SSSR count). The number of rotatable bonds is 3. The van der Waals surface area contributed by atoms with Crippen molar-refractivity contribution in [3.8, 4) is 0 Å². The summed E-state index contributed by atoms with van der Waals surface area (Å²) in [4.78, 5) is 21.1. The predicted octanol–water partition coefficient (Wildman–Crippen LogP) is 0.535. The van der Waals surface area contributed by atoms with E-state index in [1.165, 1.54) is 0 Å². The molecule has 0 saturated carbocycles. The number of nitrogens with one attached hydrogen (secondary N) is 1. The van der Waals surface area contributed by atoms with Gasteiger partial charge in [0.25, 0.3) is 0 Å². The van der Waals surface area contributed by atoms with E-state index < -0.39 is 5.41 Å². The number of hydrogen-bond donors (Lipinski definition) is 2. The Labute approximate surface area is 110 Å². The molecule has 1 amide bonds. The van der Waals surface area contributed by atoms with E-state index in [0.717, 1.165) is 16.7 Å². The Morgan fingerprint density at radius 3 is 3.00 bits per heavy atom. The Hall–Kier alpha value is -1.92. The van der Waals surface area contributed by atoms with Crippen molar-refractivity contribution in [2.24, 2.45) is 5.41 Å². The monoisotopic (exact) mass is 261 g/mol. The molecule has 1 aromatic heterocycles. The van der Waals surface area contributed by atoms with Gasteiger partial charge in [0.15, 0.2) is 0 Å². The molecule has 0 atom stereocenters. The van der Waals surface area contributed by atoms with Crippen molar-refractivity contribution in [2.45, 2.75) is 0 Å². The number of aromatic nitrogens is 2. The van der Waals surface area contributed by atoms with Crippen LogP contribution in [0.5, 0.6) is 0 Å². The van der Waals surface area contributed by atoms with Crippen molar-refractivity contribution in [3.05, 3.63) is 24.5 Å². The highest BCUT2D eigenvalue weighted by Gasteiger charge is 2.47. The largest absolute Gasteiger partial charge is 0.395 e. The van der Waals surface area contributed by atoms with E-state index in [1.807, 2.05) is 18.2 Å². The molecule has 0 bridgehead atoms. The van der Waals surface area contributed by atoms with Crippen LogP contribution in [-0.2, 0) is 9.53 Å². The number of ether oxygens (including phenoxy) is 1. The number of carbonyl (C=O) groups excluding carboxylic acids is 1. The lowest BCUT2D eigenvalue weighted by Gasteiger charge is -2.40. The molecule has 0 spiro atoms. The van der Waals surface area contributed by atoms with Crippen molar-refractivity contribution in [1.82, 2.24) is 9.97 Å². The molecule has 0 aliphatic carbocycles. The Balaban J connectivity index is 1.90. The summed E-state index contributed by atoms with van der Waals surface area (Å²) in [6.07, 6.45) is 1.62. The zero-order chi connectivity index (χ0) is 13.5. The summed E-state index contributed by atoms with van der Waals surface area (Å²) in [5.41, 5.74) is 1.72. The van der Waals surface area contributed by atoms with Crippen molar-refractivity contribution in [2.75, 3.05) is 31.8 Å². The fraction of sp³-hybridized carbons (Fsp3) is 0.385. The van der Waals surface area contributed by atoms with Crippen LogP contribution in [0.15, 0.2) is 24.5 Å². The number of nitrogens with zero attached hydrogens (tertiary/aromatic N) is 2. The lowest BCUT2D eigenvalue weighted by molar-refractivity contribution is -0.166. The summed E-state index contributed by atoms with van der Waals surface area (Å²) >= 11 is 0. The van der Waals surface area contributed by atoms with Gasteiger partial charge in [0, 0.05) is 12.7 Å². The first-order chi connectivity index (χ1) is 9.16. The van der Waals surface area contributed by atoms with Crippen LogP contribution in [0.1, 0.15) is 0 Å². The van der Waals surface area contributed by atoms with Crippen LogP contribution in [0.2, 0.25) is 0 Å². The fourth-order valence-electron chi connectivity index (χ4n) is 2.24. The average Bonchev–Trinajstić information content (AvgIpc) is 2.84. The molecule has 19 heavy (non-hydrogen) atoms. The van der Waals surface area contributed by atoms with Gasteiger partial charge in [-0.1, -0.05) is 0 Å². The number of aliphatic hydroxyl groups excluding tert-OH is 1. The van der Waals surface area contributed by atoms with Gasteiger partial charge in [-0.05, 0) is 18.2 Å². The molecular formula is C13H15N3O3. The number of carbonyl (C=O) groups is 1. The van der Waals surface area contributed by atoms with E-state index in [2.05, 4.69) is 9.97 Å². The molecule has 0 radical (unpaired) electrons. The third-order valence-corrected chi connectivity index (χ3v) is 3.61. The lowest BCUT2D eigenvalue weighted by Crippen LogP contribution is -2.56. The maximum Gasteiger partial charge on any atom is 0.239 e. The molecule has 2 heterocycles. The van der Waals surface area contributed by atoms with E-state index >= 15 is 0 Å². The molecule has 1 fully saturated rings. The van der Waals surface area contributed by atoms with Crippen LogP contribution in [-0.4, -0.2) is 47.8 Å².